The number of halogens is 2. The van der Waals surface area contributed by atoms with Gasteiger partial charge in [0.1, 0.15) is 5.75 Å². The molecule has 0 aliphatic carbocycles. The van der Waals surface area contributed by atoms with Crippen molar-refractivity contribution in [1.29, 1.82) is 0 Å². The number of amides is 1. The topological polar surface area (TPSA) is 60.3 Å². The fraction of sp³-hybridized carbons (Fsp3) is 0.143. The van der Waals surface area contributed by atoms with Crippen molar-refractivity contribution < 1.29 is 18.3 Å². The van der Waals surface area contributed by atoms with Crippen LogP contribution in [0.2, 0.25) is 0 Å². The van der Waals surface area contributed by atoms with E-state index in [1.807, 2.05) is 0 Å². The van der Waals surface area contributed by atoms with Crippen LogP contribution in [0.5, 0.6) is 5.75 Å². The van der Waals surface area contributed by atoms with E-state index in [0.29, 0.717) is 5.69 Å². The monoisotopic (exact) mass is 294 g/mol. The Morgan fingerprint density at radius 1 is 1.24 bits per heavy atom. The zero-order valence-corrected chi connectivity index (χ0v) is 11.0. The summed E-state index contributed by atoms with van der Waals surface area (Å²) in [6, 6.07) is 8.19. The van der Waals surface area contributed by atoms with Crippen molar-refractivity contribution in [2.45, 2.75) is 6.61 Å². The van der Waals surface area contributed by atoms with E-state index in [0.717, 1.165) is 0 Å². The Balaban J connectivity index is 2.08. The van der Waals surface area contributed by atoms with Gasteiger partial charge in [0.05, 0.1) is 0 Å². The molecule has 0 spiro atoms. The molecule has 0 radical (unpaired) electrons. The average Bonchev–Trinajstić information content (AvgIpc) is 2.43. The van der Waals surface area contributed by atoms with Gasteiger partial charge in [0.25, 0.3) is 11.5 Å². The predicted octanol–water partition coefficient (Wildman–Crippen LogP) is 2.24. The van der Waals surface area contributed by atoms with E-state index in [-0.39, 0.29) is 16.9 Å². The molecule has 0 saturated carbocycles. The molecule has 0 atom stereocenters. The second-order valence-electron chi connectivity index (χ2n) is 4.22. The summed E-state index contributed by atoms with van der Waals surface area (Å²) in [6.45, 7) is -2.90. The highest BCUT2D eigenvalue weighted by molar-refractivity contribution is 6.04. The third-order valence-electron chi connectivity index (χ3n) is 2.70. The number of rotatable bonds is 4. The van der Waals surface area contributed by atoms with Crippen molar-refractivity contribution in [1.82, 2.24) is 4.57 Å². The number of aryl methyl sites for hydroxylation is 1. The standard InChI is InChI=1S/C14H12F2N2O3/c1-18-7-6-9(8-12(18)19)13(20)17-10-2-4-11(5-3-10)21-14(15)16/h2-8,14H,1H3,(H,17,20). The molecule has 2 rings (SSSR count). The third-order valence-corrected chi connectivity index (χ3v) is 2.70. The van der Waals surface area contributed by atoms with Crippen LogP contribution in [0, 0.1) is 0 Å². The second-order valence-corrected chi connectivity index (χ2v) is 4.22. The van der Waals surface area contributed by atoms with Gasteiger partial charge in [0.2, 0.25) is 0 Å². The van der Waals surface area contributed by atoms with Gasteiger partial charge in [-0.2, -0.15) is 8.78 Å². The lowest BCUT2D eigenvalue weighted by Crippen LogP contribution is -2.19. The van der Waals surface area contributed by atoms with Crippen molar-refractivity contribution >= 4 is 11.6 Å². The van der Waals surface area contributed by atoms with Crippen LogP contribution in [0.3, 0.4) is 0 Å². The van der Waals surface area contributed by atoms with Crippen LogP contribution in [0.1, 0.15) is 10.4 Å². The van der Waals surface area contributed by atoms with Crippen LogP contribution in [-0.4, -0.2) is 17.1 Å². The van der Waals surface area contributed by atoms with Crippen LogP contribution in [-0.2, 0) is 7.05 Å². The first-order valence-corrected chi connectivity index (χ1v) is 5.98. The number of nitrogens with one attached hydrogen (secondary N) is 1. The molecule has 0 bridgehead atoms. The van der Waals surface area contributed by atoms with Gasteiger partial charge in [-0.15, -0.1) is 0 Å². The Kier molecular flexibility index (Phi) is 4.32. The molecule has 2 aromatic rings. The summed E-state index contributed by atoms with van der Waals surface area (Å²) >= 11 is 0. The highest BCUT2D eigenvalue weighted by Crippen LogP contribution is 2.18. The lowest BCUT2D eigenvalue weighted by molar-refractivity contribution is -0.0498. The maximum Gasteiger partial charge on any atom is 0.387 e. The van der Waals surface area contributed by atoms with Crippen LogP contribution < -0.4 is 15.6 Å². The third kappa shape index (κ3) is 3.88. The predicted molar refractivity (Wildman–Crippen MR) is 72.7 cm³/mol. The first kappa shape index (κ1) is 14.7. The molecule has 1 aromatic carbocycles. The molecule has 0 aliphatic heterocycles. The first-order valence-electron chi connectivity index (χ1n) is 5.98. The van der Waals surface area contributed by atoms with Crippen molar-refractivity contribution in [3.05, 3.63) is 58.5 Å². The minimum absolute atomic E-state index is 0.00317. The Hall–Kier alpha value is -2.70. The number of anilines is 1. The minimum Gasteiger partial charge on any atom is -0.435 e. The first-order chi connectivity index (χ1) is 9.95. The van der Waals surface area contributed by atoms with Gasteiger partial charge < -0.3 is 14.6 Å². The van der Waals surface area contributed by atoms with Crippen LogP contribution in [0.25, 0.3) is 0 Å². The van der Waals surface area contributed by atoms with Gasteiger partial charge in [-0.05, 0) is 30.3 Å². The van der Waals surface area contributed by atoms with E-state index in [9.17, 15) is 18.4 Å². The highest BCUT2D eigenvalue weighted by Gasteiger charge is 2.08. The molecule has 0 aliphatic rings. The van der Waals surface area contributed by atoms with Crippen molar-refractivity contribution in [2.24, 2.45) is 7.05 Å². The molecule has 1 N–H and O–H groups in total. The van der Waals surface area contributed by atoms with Gasteiger partial charge in [-0.3, -0.25) is 9.59 Å². The number of carbonyl (C=O) groups excluding carboxylic acids is 1. The smallest absolute Gasteiger partial charge is 0.387 e. The number of hydrogen-bond donors (Lipinski definition) is 1. The summed E-state index contributed by atoms with van der Waals surface area (Å²) in [5.74, 6) is -0.466. The van der Waals surface area contributed by atoms with E-state index in [1.54, 1.807) is 7.05 Å². The Morgan fingerprint density at radius 2 is 1.90 bits per heavy atom. The number of carbonyl (C=O) groups is 1. The molecule has 5 nitrogen and oxygen atoms in total. The summed E-state index contributed by atoms with van der Waals surface area (Å²) in [5.41, 5.74) is 0.316. The molecule has 21 heavy (non-hydrogen) atoms. The summed E-state index contributed by atoms with van der Waals surface area (Å²) in [4.78, 5) is 23.4. The number of pyridine rings is 1. The fourth-order valence-corrected chi connectivity index (χ4v) is 1.61. The van der Waals surface area contributed by atoms with Gasteiger partial charge in [0.15, 0.2) is 0 Å². The lowest BCUT2D eigenvalue weighted by Gasteiger charge is -2.07. The Morgan fingerprint density at radius 3 is 2.48 bits per heavy atom. The number of nitrogens with zero attached hydrogens (tertiary/aromatic N) is 1. The SMILES string of the molecule is Cn1ccc(C(=O)Nc2ccc(OC(F)F)cc2)cc1=O. The molecule has 7 heteroatoms. The maximum absolute atomic E-state index is 12.0. The quantitative estimate of drug-likeness (QED) is 0.940. The summed E-state index contributed by atoms with van der Waals surface area (Å²) in [5, 5.41) is 2.56. The van der Waals surface area contributed by atoms with Crippen molar-refractivity contribution in [2.75, 3.05) is 5.32 Å². The molecule has 1 heterocycles. The van der Waals surface area contributed by atoms with Gasteiger partial charge in [0, 0.05) is 30.6 Å². The fourth-order valence-electron chi connectivity index (χ4n) is 1.61. The zero-order valence-electron chi connectivity index (χ0n) is 11.0. The van der Waals surface area contributed by atoms with Gasteiger partial charge in [-0.1, -0.05) is 0 Å². The van der Waals surface area contributed by atoms with Crippen LogP contribution in [0.15, 0.2) is 47.4 Å². The number of alkyl halides is 2. The highest BCUT2D eigenvalue weighted by atomic mass is 19.3. The Labute approximate surface area is 118 Å². The Bertz CT molecular complexity index is 696. The maximum atomic E-state index is 12.0. The number of hydrogen-bond acceptors (Lipinski definition) is 3. The molecule has 110 valence electrons. The lowest BCUT2D eigenvalue weighted by atomic mass is 10.2. The normalized spacial score (nSPS) is 10.5. The van der Waals surface area contributed by atoms with Crippen LogP contribution >= 0.6 is 0 Å². The van der Waals surface area contributed by atoms with Gasteiger partial charge >= 0.3 is 6.61 Å². The summed E-state index contributed by atoms with van der Waals surface area (Å²) in [6.07, 6.45) is 1.48. The number of aromatic nitrogens is 1. The number of benzene rings is 1. The molecular weight excluding hydrogens is 282 g/mol. The van der Waals surface area contributed by atoms with Crippen LogP contribution in [0.4, 0.5) is 14.5 Å². The molecular formula is C14H12F2N2O3. The van der Waals surface area contributed by atoms with Gasteiger partial charge in [-0.25, -0.2) is 0 Å². The molecule has 1 aromatic heterocycles. The minimum atomic E-state index is -2.90. The number of ether oxygens (including phenoxy) is 1. The second kappa shape index (κ2) is 6.17. The van der Waals surface area contributed by atoms with E-state index in [1.165, 1.54) is 47.2 Å². The van der Waals surface area contributed by atoms with E-state index >= 15 is 0 Å². The van der Waals surface area contributed by atoms with Crippen molar-refractivity contribution in [3.63, 3.8) is 0 Å². The van der Waals surface area contributed by atoms with E-state index < -0.39 is 12.5 Å². The van der Waals surface area contributed by atoms with Crippen molar-refractivity contribution in [3.8, 4) is 5.75 Å². The van der Waals surface area contributed by atoms with E-state index in [2.05, 4.69) is 10.1 Å². The zero-order chi connectivity index (χ0) is 15.4. The van der Waals surface area contributed by atoms with E-state index in [4.69, 9.17) is 0 Å². The summed E-state index contributed by atoms with van der Waals surface area (Å²) < 4.78 is 29.5. The average molecular weight is 294 g/mol. The largest absolute Gasteiger partial charge is 0.435 e. The molecule has 0 saturated heterocycles. The molecule has 0 fully saturated rings. The molecule has 1 amide bonds. The summed E-state index contributed by atoms with van der Waals surface area (Å²) in [7, 11) is 1.58. The molecule has 0 unspecified atom stereocenters.